The number of nitrogens with zero attached hydrogens (tertiary/aromatic N) is 1. The second kappa shape index (κ2) is 6.65. The van der Waals surface area contributed by atoms with Crippen LogP contribution >= 0.6 is 0 Å². The molecule has 1 aliphatic rings. The topological polar surface area (TPSA) is 46.6 Å². The number of hydrogen-bond donors (Lipinski definition) is 0. The van der Waals surface area contributed by atoms with Crippen LogP contribution in [0.4, 0.5) is 0 Å². The van der Waals surface area contributed by atoms with Crippen LogP contribution < -0.4 is 0 Å². The number of carbonyl (C=O) groups is 2. The zero-order valence-corrected chi connectivity index (χ0v) is 8.10. The SMILES string of the molecule is C=COC=C.CCN1C(=O)C=CC1=O. The van der Waals surface area contributed by atoms with Crippen molar-refractivity contribution in [3.8, 4) is 0 Å². The molecule has 0 N–H and O–H groups in total. The molecule has 0 saturated heterocycles. The molecule has 4 nitrogen and oxygen atoms in total. The molecule has 76 valence electrons. The van der Waals surface area contributed by atoms with E-state index in [9.17, 15) is 9.59 Å². The Morgan fingerprint density at radius 2 is 1.71 bits per heavy atom. The Labute approximate surface area is 83.2 Å². The van der Waals surface area contributed by atoms with Gasteiger partial charge in [0.05, 0.1) is 12.5 Å². The third-order valence-corrected chi connectivity index (χ3v) is 1.41. The lowest BCUT2D eigenvalue weighted by Crippen LogP contribution is -2.29. The van der Waals surface area contributed by atoms with Crippen LogP contribution in [0.3, 0.4) is 0 Å². The standard InChI is InChI=1S/C6H7NO2.C4H6O/c1-2-7-5(8)3-4-6(7)9;1-3-5-4-2/h3-4H,2H2,1H3;3-4H,1-2H2. The van der Waals surface area contributed by atoms with Gasteiger partial charge in [0.1, 0.15) is 0 Å². The molecule has 14 heavy (non-hydrogen) atoms. The molecule has 0 unspecified atom stereocenters. The number of carbonyl (C=O) groups excluding carboxylic acids is 2. The molecule has 4 heteroatoms. The normalized spacial score (nSPS) is 13.4. The van der Waals surface area contributed by atoms with Gasteiger partial charge in [-0.15, -0.1) is 0 Å². The van der Waals surface area contributed by atoms with Crippen LogP contribution in [0.25, 0.3) is 0 Å². The van der Waals surface area contributed by atoms with E-state index in [1.54, 1.807) is 6.92 Å². The van der Waals surface area contributed by atoms with Crippen molar-refractivity contribution in [2.75, 3.05) is 6.54 Å². The summed E-state index contributed by atoms with van der Waals surface area (Å²) in [5.74, 6) is -0.412. The van der Waals surface area contributed by atoms with Crippen LogP contribution in [0.2, 0.25) is 0 Å². The van der Waals surface area contributed by atoms with Crippen LogP contribution in [0.15, 0.2) is 37.8 Å². The summed E-state index contributed by atoms with van der Waals surface area (Å²) in [5, 5.41) is 0. The highest BCUT2D eigenvalue weighted by Crippen LogP contribution is 2.00. The summed E-state index contributed by atoms with van der Waals surface area (Å²) in [4.78, 5) is 22.4. The van der Waals surface area contributed by atoms with Crippen molar-refractivity contribution >= 4 is 11.8 Å². The maximum Gasteiger partial charge on any atom is 0.253 e. The third kappa shape index (κ3) is 3.71. The van der Waals surface area contributed by atoms with Crippen molar-refractivity contribution < 1.29 is 14.3 Å². The summed E-state index contributed by atoms with van der Waals surface area (Å²) < 4.78 is 4.36. The molecule has 0 saturated carbocycles. The highest BCUT2D eigenvalue weighted by atomic mass is 16.5. The summed E-state index contributed by atoms with van der Waals surface area (Å²) in [6.07, 6.45) is 5.19. The fourth-order valence-electron chi connectivity index (χ4n) is 0.811. The smallest absolute Gasteiger partial charge is 0.253 e. The Kier molecular flexibility index (Phi) is 5.78. The third-order valence-electron chi connectivity index (χ3n) is 1.41. The molecule has 2 amide bonds. The maximum absolute atomic E-state index is 10.6. The van der Waals surface area contributed by atoms with E-state index in [1.807, 2.05) is 0 Å². The van der Waals surface area contributed by atoms with Gasteiger partial charge in [0, 0.05) is 18.7 Å². The van der Waals surface area contributed by atoms with Crippen molar-refractivity contribution in [1.82, 2.24) is 4.90 Å². The van der Waals surface area contributed by atoms with Crippen LogP contribution in [0, 0.1) is 0 Å². The maximum atomic E-state index is 10.6. The molecule has 0 radical (unpaired) electrons. The van der Waals surface area contributed by atoms with Crippen LogP contribution in [-0.4, -0.2) is 23.3 Å². The Morgan fingerprint density at radius 3 is 1.86 bits per heavy atom. The Morgan fingerprint density at radius 1 is 1.29 bits per heavy atom. The number of rotatable bonds is 3. The molecular weight excluding hydrogens is 182 g/mol. The van der Waals surface area contributed by atoms with Crippen molar-refractivity contribution in [1.29, 1.82) is 0 Å². The first kappa shape index (κ1) is 12.2. The lowest BCUT2D eigenvalue weighted by atomic mass is 10.5. The molecule has 0 aromatic rings. The van der Waals surface area contributed by atoms with E-state index >= 15 is 0 Å². The van der Waals surface area contributed by atoms with Gasteiger partial charge in [-0.05, 0) is 6.92 Å². The summed E-state index contributed by atoms with van der Waals surface area (Å²) in [5.41, 5.74) is 0. The first-order valence-electron chi connectivity index (χ1n) is 4.08. The minimum absolute atomic E-state index is 0.206. The van der Waals surface area contributed by atoms with Gasteiger partial charge in [-0.25, -0.2) is 0 Å². The molecular formula is C10H13NO3. The molecule has 1 aliphatic heterocycles. The van der Waals surface area contributed by atoms with E-state index in [0.29, 0.717) is 6.54 Å². The van der Waals surface area contributed by atoms with Gasteiger partial charge in [-0.2, -0.15) is 0 Å². The quantitative estimate of drug-likeness (QED) is 0.502. The number of ether oxygens (including phenoxy) is 1. The molecule has 0 fully saturated rings. The van der Waals surface area contributed by atoms with Gasteiger partial charge in [-0.1, -0.05) is 13.2 Å². The van der Waals surface area contributed by atoms with Crippen LogP contribution in [0.1, 0.15) is 6.92 Å². The monoisotopic (exact) mass is 195 g/mol. The van der Waals surface area contributed by atoms with Crippen LogP contribution in [-0.2, 0) is 14.3 Å². The summed E-state index contributed by atoms with van der Waals surface area (Å²) >= 11 is 0. The van der Waals surface area contributed by atoms with Gasteiger partial charge in [0.25, 0.3) is 11.8 Å². The second-order valence-corrected chi connectivity index (χ2v) is 2.22. The van der Waals surface area contributed by atoms with E-state index in [1.165, 1.54) is 29.6 Å². The molecule has 0 aromatic carbocycles. The molecule has 0 aromatic heterocycles. The first-order chi connectivity index (χ1) is 6.67. The van der Waals surface area contributed by atoms with Gasteiger partial charge in [0.15, 0.2) is 0 Å². The predicted molar refractivity (Wildman–Crippen MR) is 53.0 cm³/mol. The lowest BCUT2D eigenvalue weighted by molar-refractivity contribution is -0.136. The molecule has 0 spiro atoms. The minimum atomic E-state index is -0.206. The fourth-order valence-corrected chi connectivity index (χ4v) is 0.811. The molecule has 0 aliphatic carbocycles. The highest BCUT2D eigenvalue weighted by Gasteiger charge is 2.20. The Balaban J connectivity index is 0.000000292. The molecule has 0 atom stereocenters. The largest absolute Gasteiger partial charge is 0.474 e. The van der Waals surface area contributed by atoms with E-state index in [0.717, 1.165) is 0 Å². The number of likely N-dealkylation sites (N-methyl/N-ethyl adjacent to an activating group) is 1. The fraction of sp³-hybridized carbons (Fsp3) is 0.200. The Bertz CT molecular complexity index is 245. The van der Waals surface area contributed by atoms with Crippen molar-refractivity contribution in [2.45, 2.75) is 6.92 Å². The molecule has 1 rings (SSSR count). The van der Waals surface area contributed by atoms with E-state index in [-0.39, 0.29) is 11.8 Å². The van der Waals surface area contributed by atoms with Crippen molar-refractivity contribution in [2.24, 2.45) is 0 Å². The number of imide groups is 1. The summed E-state index contributed by atoms with van der Waals surface area (Å²) in [6, 6.07) is 0. The molecule has 0 bridgehead atoms. The summed E-state index contributed by atoms with van der Waals surface area (Å²) in [6.45, 7) is 8.74. The minimum Gasteiger partial charge on any atom is -0.474 e. The van der Waals surface area contributed by atoms with E-state index in [2.05, 4.69) is 17.9 Å². The van der Waals surface area contributed by atoms with Gasteiger partial charge in [-0.3, -0.25) is 14.5 Å². The number of hydrogen-bond acceptors (Lipinski definition) is 3. The average molecular weight is 195 g/mol. The van der Waals surface area contributed by atoms with E-state index < -0.39 is 0 Å². The predicted octanol–water partition coefficient (Wildman–Crippen LogP) is 1.22. The van der Waals surface area contributed by atoms with Crippen molar-refractivity contribution in [3.63, 3.8) is 0 Å². The van der Waals surface area contributed by atoms with Crippen LogP contribution in [0.5, 0.6) is 0 Å². The van der Waals surface area contributed by atoms with Crippen molar-refractivity contribution in [3.05, 3.63) is 37.8 Å². The average Bonchev–Trinajstić information content (AvgIpc) is 2.48. The summed E-state index contributed by atoms with van der Waals surface area (Å²) in [7, 11) is 0. The Hall–Kier alpha value is -1.84. The molecule has 1 heterocycles. The van der Waals surface area contributed by atoms with Gasteiger partial charge in [0.2, 0.25) is 0 Å². The zero-order valence-electron chi connectivity index (χ0n) is 8.10. The van der Waals surface area contributed by atoms with Gasteiger partial charge < -0.3 is 4.74 Å². The van der Waals surface area contributed by atoms with Gasteiger partial charge >= 0.3 is 0 Å². The first-order valence-corrected chi connectivity index (χ1v) is 4.08. The number of amides is 2. The highest BCUT2D eigenvalue weighted by molar-refractivity contribution is 6.12. The zero-order chi connectivity index (χ0) is 11.0. The lowest BCUT2D eigenvalue weighted by Gasteiger charge is -2.08. The second-order valence-electron chi connectivity index (χ2n) is 2.22. The van der Waals surface area contributed by atoms with E-state index in [4.69, 9.17) is 0 Å².